The number of carbonyl (C=O) groups is 2. The molecule has 1 unspecified atom stereocenters. The molecule has 6 nitrogen and oxygen atoms in total. The highest BCUT2D eigenvalue weighted by Gasteiger charge is 2.50. The van der Waals surface area contributed by atoms with Gasteiger partial charge in [0.1, 0.15) is 0 Å². The zero-order valence-electron chi connectivity index (χ0n) is 15.0. The fraction of sp³-hybridized carbons (Fsp3) is 0.238. The molecule has 0 radical (unpaired) electrons. The van der Waals surface area contributed by atoms with Crippen molar-refractivity contribution in [2.24, 2.45) is 0 Å². The number of hydrogen-bond acceptors (Lipinski definition) is 6. The fourth-order valence-corrected chi connectivity index (χ4v) is 3.73. The van der Waals surface area contributed by atoms with E-state index < -0.39 is 17.8 Å². The van der Waals surface area contributed by atoms with Gasteiger partial charge in [0.2, 0.25) is 0 Å². The number of piperazine rings is 1. The van der Waals surface area contributed by atoms with Crippen molar-refractivity contribution in [3.8, 4) is 0 Å². The summed E-state index contributed by atoms with van der Waals surface area (Å²) >= 11 is 6.08. The minimum atomic E-state index is -1.55. The third kappa shape index (κ3) is 3.67. The Morgan fingerprint density at radius 2 is 1.54 bits per heavy atom. The molecule has 0 saturated carbocycles. The van der Waals surface area contributed by atoms with Gasteiger partial charge in [-0.1, -0.05) is 54.1 Å². The topological polar surface area (TPSA) is 67.9 Å². The maximum atomic E-state index is 12.2. The van der Waals surface area contributed by atoms with Gasteiger partial charge >= 0.3 is 17.8 Å². The first-order valence-electron chi connectivity index (χ1n) is 8.99. The summed E-state index contributed by atoms with van der Waals surface area (Å²) in [6.07, 6.45) is 2.17. The first-order chi connectivity index (χ1) is 13.6. The Bertz CT molecular complexity index is 878. The Kier molecular flexibility index (Phi) is 5.17. The maximum absolute atomic E-state index is 12.2. The summed E-state index contributed by atoms with van der Waals surface area (Å²) in [6.45, 7) is 1.33. The van der Waals surface area contributed by atoms with Gasteiger partial charge in [-0.3, -0.25) is 0 Å². The van der Waals surface area contributed by atoms with Gasteiger partial charge in [-0.15, -0.1) is 0 Å². The summed E-state index contributed by atoms with van der Waals surface area (Å²) in [5.41, 5.74) is 1.93. The highest BCUT2D eigenvalue weighted by Crippen LogP contribution is 2.37. The molecule has 1 N–H and O–H groups in total. The van der Waals surface area contributed by atoms with Crippen LogP contribution in [0.2, 0.25) is 5.02 Å². The Morgan fingerprint density at radius 1 is 0.929 bits per heavy atom. The molecule has 2 aromatic carbocycles. The molecule has 4 rings (SSSR count). The van der Waals surface area contributed by atoms with Crippen LogP contribution in [0.5, 0.6) is 0 Å². The molecule has 144 valence electrons. The number of rotatable bonds is 3. The SMILES string of the molecule is O=C1C=CC(=O)OC2(CNCCN2C(c2ccccc2)c2ccc(Cl)cc2)O1. The largest absolute Gasteiger partial charge is 0.404 e. The molecule has 1 saturated heterocycles. The molecule has 1 fully saturated rings. The van der Waals surface area contributed by atoms with E-state index in [2.05, 4.69) is 5.32 Å². The van der Waals surface area contributed by atoms with Crippen LogP contribution >= 0.6 is 11.6 Å². The standard InChI is InChI=1S/C21H19ClN2O4/c22-17-8-6-16(7-9-17)20(15-4-2-1-3-5-15)24-13-12-23-14-21(24)27-18(25)10-11-19(26)28-21/h1-11,20,23H,12-14H2. The van der Waals surface area contributed by atoms with E-state index in [9.17, 15) is 9.59 Å². The summed E-state index contributed by atoms with van der Waals surface area (Å²) in [6, 6.07) is 17.0. The van der Waals surface area contributed by atoms with Crippen LogP contribution in [0.25, 0.3) is 0 Å². The number of benzene rings is 2. The third-order valence-corrected chi connectivity index (χ3v) is 5.06. The minimum Gasteiger partial charge on any atom is -0.404 e. The lowest BCUT2D eigenvalue weighted by atomic mass is 9.95. The quantitative estimate of drug-likeness (QED) is 0.802. The van der Waals surface area contributed by atoms with Crippen LogP contribution in [0.3, 0.4) is 0 Å². The lowest BCUT2D eigenvalue weighted by Crippen LogP contribution is -2.65. The molecule has 2 heterocycles. The van der Waals surface area contributed by atoms with E-state index in [0.717, 1.165) is 23.3 Å². The molecular formula is C21H19ClN2O4. The number of halogens is 1. The van der Waals surface area contributed by atoms with Crippen molar-refractivity contribution in [1.29, 1.82) is 0 Å². The van der Waals surface area contributed by atoms with Crippen molar-refractivity contribution >= 4 is 23.5 Å². The van der Waals surface area contributed by atoms with E-state index >= 15 is 0 Å². The second-order valence-corrected chi connectivity index (χ2v) is 7.06. The van der Waals surface area contributed by atoms with Crippen molar-refractivity contribution in [2.45, 2.75) is 12.0 Å². The normalized spacial score (nSPS) is 20.3. The molecule has 2 aromatic rings. The molecular weight excluding hydrogens is 380 g/mol. The van der Waals surface area contributed by atoms with E-state index in [1.54, 1.807) is 0 Å². The molecule has 0 amide bonds. The van der Waals surface area contributed by atoms with Crippen molar-refractivity contribution in [3.63, 3.8) is 0 Å². The Balaban J connectivity index is 1.82. The van der Waals surface area contributed by atoms with Crippen LogP contribution in [0.1, 0.15) is 17.2 Å². The van der Waals surface area contributed by atoms with Crippen molar-refractivity contribution in [3.05, 3.63) is 82.9 Å². The number of nitrogens with zero attached hydrogens (tertiary/aromatic N) is 1. The smallest absolute Gasteiger partial charge is 0.335 e. The van der Waals surface area contributed by atoms with Crippen LogP contribution in [0.15, 0.2) is 66.7 Å². The minimum absolute atomic E-state index is 0.170. The van der Waals surface area contributed by atoms with E-state index in [1.165, 1.54) is 0 Å². The summed E-state index contributed by atoms with van der Waals surface area (Å²) in [5, 5.41) is 3.79. The third-order valence-electron chi connectivity index (χ3n) is 4.80. The van der Waals surface area contributed by atoms with Gasteiger partial charge in [-0.25, -0.2) is 14.5 Å². The van der Waals surface area contributed by atoms with Crippen LogP contribution in [-0.2, 0) is 19.1 Å². The van der Waals surface area contributed by atoms with Crippen molar-refractivity contribution in [1.82, 2.24) is 10.2 Å². The second-order valence-electron chi connectivity index (χ2n) is 6.62. The molecule has 1 atom stereocenters. The maximum Gasteiger partial charge on any atom is 0.335 e. The van der Waals surface area contributed by atoms with Crippen molar-refractivity contribution < 1.29 is 19.1 Å². The Hall–Kier alpha value is -2.67. The zero-order chi connectivity index (χ0) is 19.6. The molecule has 7 heteroatoms. The van der Waals surface area contributed by atoms with E-state index in [-0.39, 0.29) is 12.6 Å². The van der Waals surface area contributed by atoms with Crippen LogP contribution in [0, 0.1) is 0 Å². The number of hydrogen-bond donors (Lipinski definition) is 1. The zero-order valence-corrected chi connectivity index (χ0v) is 15.8. The van der Waals surface area contributed by atoms with Crippen molar-refractivity contribution in [2.75, 3.05) is 19.6 Å². The number of esters is 2. The molecule has 28 heavy (non-hydrogen) atoms. The van der Waals surface area contributed by atoms with Gasteiger partial charge < -0.3 is 14.8 Å². The first-order valence-corrected chi connectivity index (χ1v) is 9.37. The first kappa shape index (κ1) is 18.7. The Morgan fingerprint density at radius 3 is 2.18 bits per heavy atom. The number of ether oxygens (including phenoxy) is 2. The van der Waals surface area contributed by atoms with Gasteiger partial charge in [0.25, 0.3) is 0 Å². The second kappa shape index (κ2) is 7.75. The molecule has 2 aliphatic rings. The van der Waals surface area contributed by atoms with Gasteiger partial charge in [0.15, 0.2) is 0 Å². The average molecular weight is 399 g/mol. The van der Waals surface area contributed by atoms with E-state index in [4.69, 9.17) is 21.1 Å². The van der Waals surface area contributed by atoms with E-state index in [1.807, 2.05) is 59.5 Å². The van der Waals surface area contributed by atoms with Gasteiger partial charge in [0, 0.05) is 30.3 Å². The summed E-state index contributed by atoms with van der Waals surface area (Å²) in [7, 11) is 0. The van der Waals surface area contributed by atoms with Gasteiger partial charge in [0.05, 0.1) is 12.6 Å². The Labute approximate surface area is 167 Å². The number of carbonyl (C=O) groups excluding carboxylic acids is 2. The predicted molar refractivity (Wildman–Crippen MR) is 103 cm³/mol. The fourth-order valence-electron chi connectivity index (χ4n) is 3.61. The number of nitrogens with one attached hydrogen (secondary N) is 1. The van der Waals surface area contributed by atoms with Gasteiger partial charge in [-0.2, -0.15) is 0 Å². The summed E-state index contributed by atoms with van der Waals surface area (Å²) in [5.74, 6) is -2.79. The molecule has 2 aliphatic heterocycles. The average Bonchev–Trinajstić information content (AvgIpc) is 2.84. The van der Waals surface area contributed by atoms with Crippen LogP contribution in [0.4, 0.5) is 0 Å². The highest BCUT2D eigenvalue weighted by molar-refractivity contribution is 6.30. The summed E-state index contributed by atoms with van der Waals surface area (Å²) in [4.78, 5) is 26.3. The lowest BCUT2D eigenvalue weighted by Gasteiger charge is -2.47. The predicted octanol–water partition coefficient (Wildman–Crippen LogP) is 2.64. The molecule has 0 aliphatic carbocycles. The summed E-state index contributed by atoms with van der Waals surface area (Å²) < 4.78 is 11.3. The van der Waals surface area contributed by atoms with Crippen LogP contribution in [-0.4, -0.2) is 42.4 Å². The van der Waals surface area contributed by atoms with Crippen LogP contribution < -0.4 is 5.32 Å². The van der Waals surface area contributed by atoms with Gasteiger partial charge in [-0.05, 0) is 23.3 Å². The molecule has 0 aromatic heterocycles. The lowest BCUT2D eigenvalue weighted by molar-refractivity contribution is -0.292. The highest BCUT2D eigenvalue weighted by atomic mass is 35.5. The van der Waals surface area contributed by atoms with E-state index in [0.29, 0.717) is 18.1 Å². The monoisotopic (exact) mass is 398 g/mol. The molecule has 1 spiro atoms. The molecule has 0 bridgehead atoms.